The van der Waals surface area contributed by atoms with Crippen molar-refractivity contribution in [3.05, 3.63) is 23.3 Å². The van der Waals surface area contributed by atoms with Gasteiger partial charge in [0, 0.05) is 18.8 Å². The summed E-state index contributed by atoms with van der Waals surface area (Å²) in [6, 6.07) is 3.76. The molecule has 0 aliphatic carbocycles. The fourth-order valence-corrected chi connectivity index (χ4v) is 3.73. The van der Waals surface area contributed by atoms with Crippen molar-refractivity contribution in [1.82, 2.24) is 4.72 Å². The van der Waals surface area contributed by atoms with Gasteiger partial charge in [-0.3, -0.25) is 0 Å². The van der Waals surface area contributed by atoms with Gasteiger partial charge in [0.2, 0.25) is 10.0 Å². The van der Waals surface area contributed by atoms with Crippen LogP contribution in [0.2, 0.25) is 0 Å². The molecule has 4 nitrogen and oxygen atoms in total. The van der Waals surface area contributed by atoms with E-state index in [1.165, 1.54) is 0 Å². The van der Waals surface area contributed by atoms with E-state index in [9.17, 15) is 8.42 Å². The molecule has 1 aromatic carbocycles. The molecule has 0 amide bonds. The number of sulfonamides is 1. The van der Waals surface area contributed by atoms with E-state index in [1.807, 2.05) is 32.9 Å². The number of rotatable bonds is 7. The summed E-state index contributed by atoms with van der Waals surface area (Å²) >= 11 is 0. The molecule has 5 heteroatoms. The Labute approximate surface area is 123 Å². The van der Waals surface area contributed by atoms with Crippen molar-refractivity contribution in [2.75, 3.05) is 18.4 Å². The molecule has 1 aromatic rings. The predicted molar refractivity (Wildman–Crippen MR) is 84.7 cm³/mol. The molecule has 0 saturated heterocycles. The van der Waals surface area contributed by atoms with E-state index in [2.05, 4.69) is 23.9 Å². The fraction of sp³-hybridized carbons (Fsp3) is 0.600. The lowest BCUT2D eigenvalue weighted by Crippen LogP contribution is -2.27. The molecule has 0 heterocycles. The number of anilines is 1. The molecule has 0 saturated carbocycles. The monoisotopic (exact) mass is 298 g/mol. The first-order chi connectivity index (χ1) is 9.27. The molecule has 0 unspecified atom stereocenters. The Morgan fingerprint density at radius 3 is 2.15 bits per heavy atom. The van der Waals surface area contributed by atoms with E-state index in [0.29, 0.717) is 17.4 Å². The molecule has 0 aliphatic heterocycles. The zero-order chi connectivity index (χ0) is 15.3. The van der Waals surface area contributed by atoms with Crippen LogP contribution in [0, 0.1) is 19.8 Å². The molecule has 0 radical (unpaired) electrons. The van der Waals surface area contributed by atoms with Crippen molar-refractivity contribution in [2.24, 2.45) is 5.92 Å². The largest absolute Gasteiger partial charge is 0.385 e. The third-order valence-corrected chi connectivity index (χ3v) is 4.89. The van der Waals surface area contributed by atoms with Gasteiger partial charge in [-0.25, -0.2) is 13.1 Å². The number of hydrogen-bond acceptors (Lipinski definition) is 3. The summed E-state index contributed by atoms with van der Waals surface area (Å²) in [4.78, 5) is 0.405. The summed E-state index contributed by atoms with van der Waals surface area (Å²) in [6.07, 6.45) is 0.840. The van der Waals surface area contributed by atoms with Crippen LogP contribution in [0.4, 0.5) is 5.69 Å². The van der Waals surface area contributed by atoms with Gasteiger partial charge in [-0.15, -0.1) is 0 Å². The average Bonchev–Trinajstić information content (AvgIpc) is 2.26. The highest BCUT2D eigenvalue weighted by Crippen LogP contribution is 2.24. The highest BCUT2D eigenvalue weighted by atomic mass is 32.2. The molecule has 2 N–H and O–H groups in total. The van der Waals surface area contributed by atoms with Crippen LogP contribution in [0.15, 0.2) is 17.0 Å². The third-order valence-electron chi connectivity index (χ3n) is 3.12. The fourth-order valence-electron chi connectivity index (χ4n) is 2.23. The van der Waals surface area contributed by atoms with Gasteiger partial charge in [-0.05, 0) is 56.4 Å². The maximum absolute atomic E-state index is 12.4. The second-order valence-electron chi connectivity index (χ2n) is 5.55. The smallest absolute Gasteiger partial charge is 0.241 e. The van der Waals surface area contributed by atoms with Gasteiger partial charge in [-0.2, -0.15) is 0 Å². The van der Waals surface area contributed by atoms with Crippen molar-refractivity contribution in [1.29, 1.82) is 0 Å². The maximum Gasteiger partial charge on any atom is 0.241 e. The molecule has 0 bridgehead atoms. The zero-order valence-electron chi connectivity index (χ0n) is 13.1. The average molecular weight is 298 g/mol. The number of nitrogens with one attached hydrogen (secondary N) is 2. The normalized spacial score (nSPS) is 11.9. The Hall–Kier alpha value is -1.07. The maximum atomic E-state index is 12.4. The van der Waals surface area contributed by atoms with E-state index < -0.39 is 10.0 Å². The van der Waals surface area contributed by atoms with Gasteiger partial charge in [0.25, 0.3) is 0 Å². The lowest BCUT2D eigenvalue weighted by molar-refractivity contribution is 0.551. The highest BCUT2D eigenvalue weighted by molar-refractivity contribution is 7.89. The quantitative estimate of drug-likeness (QED) is 0.813. The van der Waals surface area contributed by atoms with Crippen LogP contribution >= 0.6 is 0 Å². The Kier molecular flexibility index (Phi) is 6.02. The number of aryl methyl sites for hydroxylation is 2. The molecule has 0 atom stereocenters. The highest BCUT2D eigenvalue weighted by Gasteiger charge is 2.19. The predicted octanol–water partition coefficient (Wildman–Crippen LogP) is 3.06. The first-order valence-electron chi connectivity index (χ1n) is 7.12. The SMILES string of the molecule is CCNc1cc(C)c(S(=O)(=O)NCCC(C)C)c(C)c1. The summed E-state index contributed by atoms with van der Waals surface area (Å²) in [5, 5.41) is 3.21. The third kappa shape index (κ3) is 4.49. The Morgan fingerprint density at radius 2 is 1.70 bits per heavy atom. The summed E-state index contributed by atoms with van der Waals surface area (Å²) in [5.74, 6) is 0.482. The Morgan fingerprint density at radius 1 is 1.15 bits per heavy atom. The van der Waals surface area contributed by atoms with Crippen LogP contribution in [0.5, 0.6) is 0 Å². The van der Waals surface area contributed by atoms with Crippen LogP contribution in [-0.4, -0.2) is 21.5 Å². The summed E-state index contributed by atoms with van der Waals surface area (Å²) < 4.78 is 27.5. The molecule has 0 aromatic heterocycles. The zero-order valence-corrected chi connectivity index (χ0v) is 13.9. The van der Waals surface area contributed by atoms with Crippen molar-refractivity contribution in [2.45, 2.75) is 45.9 Å². The van der Waals surface area contributed by atoms with Crippen LogP contribution in [0.25, 0.3) is 0 Å². The van der Waals surface area contributed by atoms with Crippen molar-refractivity contribution in [3.63, 3.8) is 0 Å². The van der Waals surface area contributed by atoms with Crippen LogP contribution < -0.4 is 10.0 Å². The molecule has 114 valence electrons. The standard InChI is InChI=1S/C15H26N2O2S/c1-6-16-14-9-12(4)15(13(5)10-14)20(18,19)17-8-7-11(2)3/h9-11,16-17H,6-8H2,1-5H3. The number of hydrogen-bond donors (Lipinski definition) is 2. The van der Waals surface area contributed by atoms with E-state index in [0.717, 1.165) is 29.8 Å². The van der Waals surface area contributed by atoms with E-state index in [4.69, 9.17) is 0 Å². The van der Waals surface area contributed by atoms with E-state index in [1.54, 1.807) is 0 Å². The molecular formula is C15H26N2O2S. The molecule has 0 aliphatic rings. The molecular weight excluding hydrogens is 272 g/mol. The van der Waals surface area contributed by atoms with Gasteiger partial charge in [0.05, 0.1) is 4.90 Å². The minimum absolute atomic E-state index is 0.405. The van der Waals surface area contributed by atoms with Gasteiger partial charge in [0.15, 0.2) is 0 Å². The lowest BCUT2D eigenvalue weighted by atomic mass is 10.1. The van der Waals surface area contributed by atoms with Crippen molar-refractivity contribution < 1.29 is 8.42 Å². The van der Waals surface area contributed by atoms with Gasteiger partial charge in [0.1, 0.15) is 0 Å². The second-order valence-corrected chi connectivity index (χ2v) is 7.25. The molecule has 1 rings (SSSR count). The summed E-state index contributed by atoms with van der Waals surface area (Å²) in [5.41, 5.74) is 2.51. The van der Waals surface area contributed by atoms with Gasteiger partial charge >= 0.3 is 0 Å². The van der Waals surface area contributed by atoms with Crippen LogP contribution in [0.3, 0.4) is 0 Å². The minimum atomic E-state index is -3.43. The van der Waals surface area contributed by atoms with Crippen LogP contribution in [0.1, 0.15) is 38.3 Å². The van der Waals surface area contributed by atoms with Gasteiger partial charge < -0.3 is 5.32 Å². The Balaban J connectivity index is 3.00. The number of benzene rings is 1. The first-order valence-corrected chi connectivity index (χ1v) is 8.61. The summed E-state index contributed by atoms with van der Waals surface area (Å²) in [7, 11) is -3.43. The van der Waals surface area contributed by atoms with Crippen LogP contribution in [-0.2, 0) is 10.0 Å². The lowest BCUT2D eigenvalue weighted by Gasteiger charge is -2.15. The summed E-state index contributed by atoms with van der Waals surface area (Å²) in [6.45, 7) is 11.1. The van der Waals surface area contributed by atoms with Crippen molar-refractivity contribution >= 4 is 15.7 Å². The van der Waals surface area contributed by atoms with Gasteiger partial charge in [-0.1, -0.05) is 13.8 Å². The molecule has 20 heavy (non-hydrogen) atoms. The van der Waals surface area contributed by atoms with Crippen molar-refractivity contribution in [3.8, 4) is 0 Å². The van der Waals surface area contributed by atoms with E-state index >= 15 is 0 Å². The Bertz CT molecular complexity index is 528. The molecule has 0 spiro atoms. The minimum Gasteiger partial charge on any atom is -0.385 e. The molecule has 0 fully saturated rings. The second kappa shape index (κ2) is 7.09. The van der Waals surface area contributed by atoms with E-state index in [-0.39, 0.29) is 0 Å². The first kappa shape index (κ1) is 17.0. The topological polar surface area (TPSA) is 58.2 Å².